The lowest BCUT2D eigenvalue weighted by atomic mass is 9.88. The minimum absolute atomic E-state index is 0.0388. The summed E-state index contributed by atoms with van der Waals surface area (Å²) in [5.41, 5.74) is 5.74. The van der Waals surface area contributed by atoms with Gasteiger partial charge < -0.3 is 5.73 Å². The molecular formula is C11H19N3O. The number of hydrogen-bond donors (Lipinski definition) is 1. The Bertz CT molecular complexity index is 357. The molecule has 1 aromatic rings. The van der Waals surface area contributed by atoms with Gasteiger partial charge in [-0.3, -0.25) is 4.79 Å². The molecule has 0 aliphatic heterocycles. The molecule has 0 spiro atoms. The maximum absolute atomic E-state index is 11.3. The van der Waals surface area contributed by atoms with Gasteiger partial charge in [0.2, 0.25) is 0 Å². The van der Waals surface area contributed by atoms with E-state index in [-0.39, 0.29) is 11.0 Å². The van der Waals surface area contributed by atoms with Crippen LogP contribution in [0.4, 0.5) is 0 Å². The largest absolute Gasteiger partial charge is 0.330 e. The van der Waals surface area contributed by atoms with Gasteiger partial charge in [0, 0.05) is 18.8 Å². The maximum Gasteiger partial charge on any atom is 0.266 e. The minimum Gasteiger partial charge on any atom is -0.330 e. The van der Waals surface area contributed by atoms with Gasteiger partial charge in [-0.2, -0.15) is 5.10 Å². The van der Waals surface area contributed by atoms with Crippen LogP contribution in [0.15, 0.2) is 23.1 Å². The van der Waals surface area contributed by atoms with Crippen LogP contribution in [0.3, 0.4) is 0 Å². The van der Waals surface area contributed by atoms with Gasteiger partial charge in [-0.1, -0.05) is 13.8 Å². The fraction of sp³-hybridized carbons (Fsp3) is 0.636. The highest BCUT2D eigenvalue weighted by atomic mass is 16.1. The average molecular weight is 209 g/mol. The molecule has 0 unspecified atom stereocenters. The molecule has 1 aromatic heterocycles. The summed E-state index contributed by atoms with van der Waals surface area (Å²) < 4.78 is 1.49. The fourth-order valence-corrected chi connectivity index (χ4v) is 1.36. The molecule has 4 heteroatoms. The Kier molecular flexibility index (Phi) is 4.03. The summed E-state index contributed by atoms with van der Waals surface area (Å²) in [6, 6.07) is 3.18. The van der Waals surface area contributed by atoms with Gasteiger partial charge in [-0.05, 0) is 30.9 Å². The van der Waals surface area contributed by atoms with Gasteiger partial charge in [0.1, 0.15) is 0 Å². The van der Waals surface area contributed by atoms with Crippen molar-refractivity contribution in [1.29, 1.82) is 0 Å². The molecule has 0 amide bonds. The van der Waals surface area contributed by atoms with Crippen LogP contribution in [-0.4, -0.2) is 16.3 Å². The second kappa shape index (κ2) is 5.07. The number of nitrogens with zero attached hydrogens (tertiary/aromatic N) is 2. The van der Waals surface area contributed by atoms with Gasteiger partial charge in [0.25, 0.3) is 5.56 Å². The third-order valence-corrected chi connectivity index (χ3v) is 2.56. The predicted molar refractivity (Wildman–Crippen MR) is 60.6 cm³/mol. The Hall–Kier alpha value is -1.16. The molecule has 0 fully saturated rings. The first kappa shape index (κ1) is 11.9. The fourth-order valence-electron chi connectivity index (χ4n) is 1.36. The maximum atomic E-state index is 11.3. The van der Waals surface area contributed by atoms with E-state index >= 15 is 0 Å². The summed E-state index contributed by atoms with van der Waals surface area (Å²) in [5, 5.41) is 4.00. The normalized spacial score (nSPS) is 11.7. The first-order valence-electron chi connectivity index (χ1n) is 5.27. The van der Waals surface area contributed by atoms with E-state index in [4.69, 9.17) is 5.73 Å². The zero-order valence-electron chi connectivity index (χ0n) is 9.44. The van der Waals surface area contributed by atoms with E-state index in [2.05, 4.69) is 18.9 Å². The summed E-state index contributed by atoms with van der Waals surface area (Å²) in [6.07, 6.45) is 3.57. The third kappa shape index (κ3) is 3.83. The molecule has 0 atom stereocenters. The third-order valence-electron chi connectivity index (χ3n) is 2.56. The highest BCUT2D eigenvalue weighted by Gasteiger charge is 2.14. The Balaban J connectivity index is 2.45. The molecule has 0 saturated carbocycles. The van der Waals surface area contributed by atoms with Crippen LogP contribution in [0.25, 0.3) is 0 Å². The number of rotatable bonds is 5. The summed E-state index contributed by atoms with van der Waals surface area (Å²) in [6.45, 7) is 5.61. The van der Waals surface area contributed by atoms with E-state index in [0.29, 0.717) is 13.1 Å². The molecule has 0 bridgehead atoms. The molecule has 2 N–H and O–H groups in total. The van der Waals surface area contributed by atoms with Crippen LogP contribution in [0.5, 0.6) is 0 Å². The van der Waals surface area contributed by atoms with E-state index in [9.17, 15) is 4.79 Å². The van der Waals surface area contributed by atoms with Crippen molar-refractivity contribution in [3.05, 3.63) is 28.7 Å². The van der Waals surface area contributed by atoms with Crippen LogP contribution in [0, 0.1) is 5.41 Å². The minimum atomic E-state index is -0.0388. The van der Waals surface area contributed by atoms with Crippen molar-refractivity contribution in [3.63, 3.8) is 0 Å². The predicted octanol–water partition coefficient (Wildman–Crippen LogP) is 1.01. The van der Waals surface area contributed by atoms with Crippen molar-refractivity contribution in [2.45, 2.75) is 33.2 Å². The second-order valence-corrected chi connectivity index (χ2v) is 4.56. The number of hydrogen-bond acceptors (Lipinski definition) is 3. The van der Waals surface area contributed by atoms with Gasteiger partial charge in [-0.15, -0.1) is 0 Å². The number of aromatic nitrogens is 2. The van der Waals surface area contributed by atoms with Gasteiger partial charge >= 0.3 is 0 Å². The molecule has 0 radical (unpaired) electrons. The van der Waals surface area contributed by atoms with Crippen molar-refractivity contribution in [2.24, 2.45) is 11.1 Å². The lowest BCUT2D eigenvalue weighted by Gasteiger charge is -2.21. The Morgan fingerprint density at radius 1 is 1.53 bits per heavy atom. The molecule has 1 heterocycles. The van der Waals surface area contributed by atoms with Gasteiger partial charge in [-0.25, -0.2) is 4.68 Å². The van der Waals surface area contributed by atoms with Crippen LogP contribution in [-0.2, 0) is 6.54 Å². The zero-order chi connectivity index (χ0) is 11.3. The molecule has 0 aromatic carbocycles. The van der Waals surface area contributed by atoms with Crippen LogP contribution < -0.4 is 11.3 Å². The highest BCUT2D eigenvalue weighted by Crippen LogP contribution is 2.20. The quantitative estimate of drug-likeness (QED) is 0.787. The zero-order valence-corrected chi connectivity index (χ0v) is 9.44. The first-order chi connectivity index (χ1) is 7.05. The topological polar surface area (TPSA) is 60.9 Å². The standard InChI is InChI=1S/C11H19N3O/c1-11(2,9-12)6-4-8-14-10(15)5-3-7-13-14/h3,5,7H,4,6,8-9,12H2,1-2H3. The Labute approximate surface area is 90.1 Å². The smallest absolute Gasteiger partial charge is 0.266 e. The lowest BCUT2D eigenvalue weighted by molar-refractivity contribution is 0.322. The Morgan fingerprint density at radius 2 is 2.27 bits per heavy atom. The molecule has 0 aliphatic carbocycles. The second-order valence-electron chi connectivity index (χ2n) is 4.56. The molecule has 0 aliphatic rings. The van der Waals surface area contributed by atoms with E-state index in [1.54, 1.807) is 12.3 Å². The monoisotopic (exact) mass is 209 g/mol. The SMILES string of the molecule is CC(C)(CN)CCCn1ncccc1=O. The summed E-state index contributed by atoms with van der Waals surface area (Å²) in [4.78, 5) is 11.3. The van der Waals surface area contributed by atoms with E-state index in [1.165, 1.54) is 10.7 Å². The summed E-state index contributed by atoms with van der Waals surface area (Å²) in [7, 11) is 0. The van der Waals surface area contributed by atoms with Crippen molar-refractivity contribution in [3.8, 4) is 0 Å². The van der Waals surface area contributed by atoms with E-state index < -0.39 is 0 Å². The molecule has 0 saturated heterocycles. The Morgan fingerprint density at radius 3 is 2.87 bits per heavy atom. The lowest BCUT2D eigenvalue weighted by Crippen LogP contribution is -2.26. The molecule has 4 nitrogen and oxygen atoms in total. The van der Waals surface area contributed by atoms with Crippen molar-refractivity contribution in [2.75, 3.05) is 6.54 Å². The van der Waals surface area contributed by atoms with Crippen molar-refractivity contribution in [1.82, 2.24) is 9.78 Å². The molecular weight excluding hydrogens is 190 g/mol. The van der Waals surface area contributed by atoms with Crippen LogP contribution >= 0.6 is 0 Å². The molecule has 15 heavy (non-hydrogen) atoms. The van der Waals surface area contributed by atoms with E-state index in [0.717, 1.165) is 12.8 Å². The number of nitrogens with two attached hydrogens (primary N) is 1. The number of aryl methyl sites for hydroxylation is 1. The van der Waals surface area contributed by atoms with Gasteiger partial charge in [0.15, 0.2) is 0 Å². The first-order valence-corrected chi connectivity index (χ1v) is 5.27. The summed E-state index contributed by atoms with van der Waals surface area (Å²) in [5.74, 6) is 0. The summed E-state index contributed by atoms with van der Waals surface area (Å²) >= 11 is 0. The van der Waals surface area contributed by atoms with Crippen LogP contribution in [0.2, 0.25) is 0 Å². The van der Waals surface area contributed by atoms with Crippen molar-refractivity contribution >= 4 is 0 Å². The van der Waals surface area contributed by atoms with Crippen molar-refractivity contribution < 1.29 is 0 Å². The molecule has 1 rings (SSSR count). The average Bonchev–Trinajstić information content (AvgIpc) is 2.21. The van der Waals surface area contributed by atoms with Gasteiger partial charge in [0.05, 0.1) is 0 Å². The molecule has 84 valence electrons. The highest BCUT2D eigenvalue weighted by molar-refractivity contribution is 4.84. The van der Waals surface area contributed by atoms with E-state index in [1.807, 2.05) is 0 Å². The van der Waals surface area contributed by atoms with Crippen LogP contribution in [0.1, 0.15) is 26.7 Å².